The van der Waals surface area contributed by atoms with Crippen molar-refractivity contribution in [2.75, 3.05) is 14.2 Å². The summed E-state index contributed by atoms with van der Waals surface area (Å²) in [6.07, 6.45) is 8.54. The molecule has 0 aromatic rings. The summed E-state index contributed by atoms with van der Waals surface area (Å²) in [6.45, 7) is 6.72. The van der Waals surface area contributed by atoms with Crippen molar-refractivity contribution in [3.05, 3.63) is 12.2 Å². The Morgan fingerprint density at radius 3 is 2.46 bits per heavy atom. The molecule has 0 unspecified atom stereocenters. The molecule has 136 valence electrons. The third-order valence-corrected chi connectivity index (χ3v) is 6.62. The molecule has 2 saturated carbocycles. The van der Waals surface area contributed by atoms with Gasteiger partial charge in [0, 0.05) is 20.1 Å². The number of methoxy groups -OCH3 is 2. The van der Waals surface area contributed by atoms with Gasteiger partial charge in [0.05, 0.1) is 0 Å². The van der Waals surface area contributed by atoms with E-state index in [9.17, 15) is 4.79 Å². The van der Waals surface area contributed by atoms with Gasteiger partial charge in [0.2, 0.25) is 0 Å². The van der Waals surface area contributed by atoms with Crippen LogP contribution in [-0.2, 0) is 19.0 Å². The van der Waals surface area contributed by atoms with E-state index >= 15 is 0 Å². The highest BCUT2D eigenvalue weighted by molar-refractivity contribution is 5.76. The smallest absolute Gasteiger partial charge is 0.315 e. The van der Waals surface area contributed by atoms with Crippen LogP contribution in [0.5, 0.6) is 0 Å². The average Bonchev–Trinajstić information content (AvgIpc) is 3.13. The monoisotopic (exact) mass is 336 g/mol. The summed E-state index contributed by atoms with van der Waals surface area (Å²) >= 11 is 0. The molecular formula is C20H32O4. The van der Waals surface area contributed by atoms with E-state index in [1.54, 1.807) is 14.2 Å². The Morgan fingerprint density at radius 1 is 1.12 bits per heavy atom. The zero-order chi connectivity index (χ0) is 17.5. The molecule has 0 spiro atoms. The van der Waals surface area contributed by atoms with Gasteiger partial charge in [-0.05, 0) is 42.9 Å². The van der Waals surface area contributed by atoms with E-state index in [2.05, 4.69) is 32.9 Å². The van der Waals surface area contributed by atoms with Crippen molar-refractivity contribution in [2.24, 2.45) is 35.5 Å². The molecule has 6 atom stereocenters. The predicted molar refractivity (Wildman–Crippen MR) is 92.2 cm³/mol. The number of esters is 1. The molecular weight excluding hydrogens is 304 g/mol. The minimum atomic E-state index is -0.857. The number of fused-ring (bicyclic) bond motifs is 2. The zero-order valence-electron chi connectivity index (χ0n) is 15.7. The van der Waals surface area contributed by atoms with E-state index in [0.29, 0.717) is 17.8 Å². The topological polar surface area (TPSA) is 44.8 Å². The molecule has 24 heavy (non-hydrogen) atoms. The molecule has 4 nitrogen and oxygen atoms in total. The quantitative estimate of drug-likeness (QED) is 0.435. The standard InChI is InChI=1S/C20H32O4/c1-12(2)16-9-6-13(3)10-17(16)24-19(21)18-14-7-8-15(11-14)20(18,22-4)23-5/h7-8,12-18H,6,9-11H2,1-5H3/t13-,14-,15+,16+,17-,18+/m0/s1. The molecule has 0 N–H and O–H groups in total. The van der Waals surface area contributed by atoms with Crippen LogP contribution in [0.3, 0.4) is 0 Å². The first-order chi connectivity index (χ1) is 11.4. The lowest BCUT2D eigenvalue weighted by molar-refractivity contribution is -0.253. The van der Waals surface area contributed by atoms with E-state index in [1.807, 2.05) is 0 Å². The van der Waals surface area contributed by atoms with Crippen molar-refractivity contribution in [3.63, 3.8) is 0 Å². The molecule has 0 aliphatic heterocycles. The summed E-state index contributed by atoms with van der Waals surface area (Å²) in [6, 6.07) is 0. The van der Waals surface area contributed by atoms with E-state index < -0.39 is 5.79 Å². The Bertz CT molecular complexity index is 494. The number of ether oxygens (including phenoxy) is 3. The molecule has 0 amide bonds. The first-order valence-corrected chi connectivity index (χ1v) is 9.42. The molecule has 4 heteroatoms. The van der Waals surface area contributed by atoms with Crippen LogP contribution in [0.15, 0.2) is 12.2 Å². The Hall–Kier alpha value is -0.870. The molecule has 2 fully saturated rings. The normalized spacial score (nSPS) is 40.2. The maximum Gasteiger partial charge on any atom is 0.315 e. The molecule has 2 bridgehead atoms. The fourth-order valence-corrected chi connectivity index (χ4v) is 5.25. The van der Waals surface area contributed by atoms with Gasteiger partial charge in [-0.15, -0.1) is 0 Å². The second-order valence-corrected chi connectivity index (χ2v) is 8.30. The lowest BCUT2D eigenvalue weighted by Gasteiger charge is -2.41. The number of hydrogen-bond donors (Lipinski definition) is 0. The van der Waals surface area contributed by atoms with Crippen LogP contribution in [0, 0.1) is 35.5 Å². The van der Waals surface area contributed by atoms with Crippen molar-refractivity contribution in [1.82, 2.24) is 0 Å². The zero-order valence-corrected chi connectivity index (χ0v) is 15.7. The van der Waals surface area contributed by atoms with E-state index in [-0.39, 0.29) is 29.8 Å². The van der Waals surface area contributed by atoms with Gasteiger partial charge in [-0.2, -0.15) is 0 Å². The Morgan fingerprint density at radius 2 is 1.83 bits per heavy atom. The third-order valence-electron chi connectivity index (χ3n) is 6.62. The summed E-state index contributed by atoms with van der Waals surface area (Å²) in [4.78, 5) is 13.1. The molecule has 3 rings (SSSR count). The van der Waals surface area contributed by atoms with Gasteiger partial charge in [0.1, 0.15) is 12.0 Å². The first kappa shape index (κ1) is 17.9. The summed E-state index contributed by atoms with van der Waals surface area (Å²) in [5.74, 6) is 0.565. The lowest BCUT2D eigenvalue weighted by atomic mass is 9.75. The van der Waals surface area contributed by atoms with Crippen LogP contribution in [-0.4, -0.2) is 32.1 Å². The average molecular weight is 336 g/mol. The van der Waals surface area contributed by atoms with E-state index in [4.69, 9.17) is 14.2 Å². The minimum Gasteiger partial charge on any atom is -0.462 e. The SMILES string of the molecule is COC1(OC)[C@@H]2C=C[C@@H](C2)[C@@H]1C(=O)O[C@H]1C[C@@H](C)CC[C@@H]1C(C)C. The maximum absolute atomic E-state index is 13.1. The number of carbonyl (C=O) groups is 1. The number of hydrogen-bond acceptors (Lipinski definition) is 4. The highest BCUT2D eigenvalue weighted by Crippen LogP contribution is 2.53. The highest BCUT2D eigenvalue weighted by Gasteiger charge is 2.61. The summed E-state index contributed by atoms with van der Waals surface area (Å²) < 4.78 is 17.6. The van der Waals surface area contributed by atoms with Gasteiger partial charge in [0.25, 0.3) is 0 Å². The van der Waals surface area contributed by atoms with Crippen LogP contribution < -0.4 is 0 Å². The highest BCUT2D eigenvalue weighted by atomic mass is 16.7. The lowest BCUT2D eigenvalue weighted by Crippen LogP contribution is -2.50. The molecule has 0 aromatic carbocycles. The first-order valence-electron chi connectivity index (χ1n) is 9.42. The van der Waals surface area contributed by atoms with Gasteiger partial charge in [-0.3, -0.25) is 4.79 Å². The summed E-state index contributed by atoms with van der Waals surface area (Å²) in [5, 5.41) is 0. The number of allylic oxidation sites excluding steroid dienone is 1. The number of carbonyl (C=O) groups excluding carboxylic acids is 1. The van der Waals surface area contributed by atoms with E-state index in [0.717, 1.165) is 19.3 Å². The predicted octanol–water partition coefficient (Wildman–Crippen LogP) is 3.80. The molecule has 0 aromatic heterocycles. The van der Waals surface area contributed by atoms with Crippen LogP contribution in [0.1, 0.15) is 46.5 Å². The summed E-state index contributed by atoms with van der Waals surface area (Å²) in [5.41, 5.74) is 0. The van der Waals surface area contributed by atoms with Crippen LogP contribution in [0.4, 0.5) is 0 Å². The molecule has 0 heterocycles. The molecule has 0 saturated heterocycles. The van der Waals surface area contributed by atoms with Crippen LogP contribution >= 0.6 is 0 Å². The van der Waals surface area contributed by atoms with Crippen LogP contribution in [0.25, 0.3) is 0 Å². The van der Waals surface area contributed by atoms with Gasteiger partial charge in [-0.1, -0.05) is 39.3 Å². The minimum absolute atomic E-state index is 0.0239. The molecule has 0 radical (unpaired) electrons. The van der Waals surface area contributed by atoms with Crippen molar-refractivity contribution < 1.29 is 19.0 Å². The Kier molecular flexibility index (Phi) is 5.08. The summed E-state index contributed by atoms with van der Waals surface area (Å²) in [7, 11) is 3.27. The maximum atomic E-state index is 13.1. The second-order valence-electron chi connectivity index (χ2n) is 8.30. The Balaban J connectivity index is 1.77. The van der Waals surface area contributed by atoms with Crippen molar-refractivity contribution >= 4 is 5.97 Å². The number of rotatable bonds is 5. The second kappa shape index (κ2) is 6.80. The van der Waals surface area contributed by atoms with Gasteiger partial charge in [0.15, 0.2) is 5.79 Å². The largest absolute Gasteiger partial charge is 0.462 e. The van der Waals surface area contributed by atoms with Crippen LogP contribution in [0.2, 0.25) is 0 Å². The van der Waals surface area contributed by atoms with Gasteiger partial charge < -0.3 is 14.2 Å². The van der Waals surface area contributed by atoms with Gasteiger partial charge >= 0.3 is 5.97 Å². The van der Waals surface area contributed by atoms with E-state index in [1.165, 1.54) is 6.42 Å². The third kappa shape index (κ3) is 2.82. The molecule has 3 aliphatic carbocycles. The van der Waals surface area contributed by atoms with Crippen molar-refractivity contribution in [2.45, 2.75) is 58.3 Å². The Labute approximate surface area is 145 Å². The fraction of sp³-hybridized carbons (Fsp3) is 0.850. The van der Waals surface area contributed by atoms with Gasteiger partial charge in [-0.25, -0.2) is 0 Å². The van der Waals surface area contributed by atoms with Crippen molar-refractivity contribution in [1.29, 1.82) is 0 Å². The molecule has 3 aliphatic rings. The fourth-order valence-electron chi connectivity index (χ4n) is 5.25. The van der Waals surface area contributed by atoms with Crippen molar-refractivity contribution in [3.8, 4) is 0 Å².